The summed E-state index contributed by atoms with van der Waals surface area (Å²) >= 11 is 0. The lowest BCUT2D eigenvalue weighted by atomic mass is 9.89. The second-order valence-electron chi connectivity index (χ2n) is 5.27. The van der Waals surface area contributed by atoms with Crippen LogP contribution in [0.25, 0.3) is 0 Å². The summed E-state index contributed by atoms with van der Waals surface area (Å²) in [5, 5.41) is 12.1. The molecule has 0 spiro atoms. The van der Waals surface area contributed by atoms with E-state index >= 15 is 0 Å². The van der Waals surface area contributed by atoms with Crippen molar-refractivity contribution in [3.8, 4) is 0 Å². The number of benzene rings is 1. The fourth-order valence-electron chi connectivity index (χ4n) is 2.38. The standard InChI is InChI=1S/C15H19NO4/c1-10-3-4-11(2)12(9-10)13(17)16-15(14(18)19)5-7-20-8-6-15/h3-4,9H,5-8H2,1-2H3,(H,16,17)(H,18,19). The molecule has 2 N–H and O–H groups in total. The number of carboxylic acid groups (broad SMARTS) is 1. The van der Waals surface area contributed by atoms with E-state index in [1.54, 1.807) is 6.07 Å². The summed E-state index contributed by atoms with van der Waals surface area (Å²) in [4.78, 5) is 23.9. The average molecular weight is 277 g/mol. The Balaban J connectivity index is 2.24. The van der Waals surface area contributed by atoms with Crippen LogP contribution in [0.5, 0.6) is 0 Å². The molecule has 1 saturated heterocycles. The Labute approximate surface area is 117 Å². The Hall–Kier alpha value is -1.88. The van der Waals surface area contributed by atoms with Crippen molar-refractivity contribution in [3.63, 3.8) is 0 Å². The van der Waals surface area contributed by atoms with Gasteiger partial charge in [-0.2, -0.15) is 0 Å². The number of nitrogens with one attached hydrogen (secondary N) is 1. The quantitative estimate of drug-likeness (QED) is 0.881. The first kappa shape index (κ1) is 14.5. The Kier molecular flexibility index (Phi) is 4.09. The number of carbonyl (C=O) groups excluding carboxylic acids is 1. The molecule has 108 valence electrons. The predicted molar refractivity (Wildman–Crippen MR) is 73.8 cm³/mol. The second kappa shape index (κ2) is 5.63. The van der Waals surface area contributed by atoms with Gasteiger partial charge in [-0.1, -0.05) is 17.7 Å². The maximum absolute atomic E-state index is 12.4. The Bertz CT molecular complexity index is 533. The third kappa shape index (κ3) is 2.82. The molecule has 1 aromatic rings. The molecule has 20 heavy (non-hydrogen) atoms. The highest BCUT2D eigenvalue weighted by atomic mass is 16.5. The largest absolute Gasteiger partial charge is 0.480 e. The molecule has 2 rings (SSSR count). The maximum Gasteiger partial charge on any atom is 0.329 e. The molecular weight excluding hydrogens is 258 g/mol. The zero-order chi connectivity index (χ0) is 14.8. The van der Waals surface area contributed by atoms with Gasteiger partial charge >= 0.3 is 5.97 Å². The SMILES string of the molecule is Cc1ccc(C)c(C(=O)NC2(C(=O)O)CCOCC2)c1. The van der Waals surface area contributed by atoms with E-state index in [1.165, 1.54) is 0 Å². The van der Waals surface area contributed by atoms with Crippen molar-refractivity contribution in [2.24, 2.45) is 0 Å². The van der Waals surface area contributed by atoms with Crippen LogP contribution in [-0.4, -0.2) is 35.7 Å². The van der Waals surface area contributed by atoms with Crippen molar-refractivity contribution in [1.29, 1.82) is 0 Å². The van der Waals surface area contributed by atoms with Crippen molar-refractivity contribution in [2.45, 2.75) is 32.2 Å². The Morgan fingerprint density at radius 3 is 2.50 bits per heavy atom. The van der Waals surface area contributed by atoms with Crippen LogP contribution >= 0.6 is 0 Å². The summed E-state index contributed by atoms with van der Waals surface area (Å²) in [6, 6.07) is 5.56. The van der Waals surface area contributed by atoms with Gasteiger partial charge < -0.3 is 15.2 Å². The van der Waals surface area contributed by atoms with Crippen LogP contribution in [-0.2, 0) is 9.53 Å². The van der Waals surface area contributed by atoms with E-state index in [2.05, 4.69) is 5.32 Å². The number of carbonyl (C=O) groups is 2. The Morgan fingerprint density at radius 1 is 1.25 bits per heavy atom. The molecule has 0 atom stereocenters. The van der Waals surface area contributed by atoms with Gasteiger partial charge in [0.2, 0.25) is 0 Å². The normalized spacial score (nSPS) is 17.5. The molecule has 0 radical (unpaired) electrons. The number of aliphatic carboxylic acids is 1. The maximum atomic E-state index is 12.4. The van der Waals surface area contributed by atoms with E-state index < -0.39 is 11.5 Å². The van der Waals surface area contributed by atoms with Gasteiger partial charge in [-0.05, 0) is 25.5 Å². The zero-order valence-electron chi connectivity index (χ0n) is 11.7. The van der Waals surface area contributed by atoms with Gasteiger partial charge in [0.15, 0.2) is 0 Å². The first-order chi connectivity index (χ1) is 9.44. The van der Waals surface area contributed by atoms with Gasteiger partial charge in [-0.15, -0.1) is 0 Å². The number of ether oxygens (including phenoxy) is 1. The lowest BCUT2D eigenvalue weighted by molar-refractivity contribution is -0.148. The molecule has 1 heterocycles. The molecule has 0 unspecified atom stereocenters. The minimum atomic E-state index is -1.22. The lowest BCUT2D eigenvalue weighted by Gasteiger charge is -2.34. The summed E-state index contributed by atoms with van der Waals surface area (Å²) in [6.07, 6.45) is 0.581. The molecule has 1 aliphatic rings. The molecule has 1 amide bonds. The van der Waals surface area contributed by atoms with Crippen LogP contribution in [0.1, 0.15) is 34.3 Å². The highest BCUT2D eigenvalue weighted by Crippen LogP contribution is 2.22. The van der Waals surface area contributed by atoms with E-state index in [-0.39, 0.29) is 5.91 Å². The fraction of sp³-hybridized carbons (Fsp3) is 0.467. The van der Waals surface area contributed by atoms with Crippen molar-refractivity contribution >= 4 is 11.9 Å². The summed E-state index contributed by atoms with van der Waals surface area (Å²) in [6.45, 7) is 4.43. The van der Waals surface area contributed by atoms with E-state index in [0.717, 1.165) is 11.1 Å². The highest BCUT2D eigenvalue weighted by molar-refractivity contribution is 5.99. The lowest BCUT2D eigenvalue weighted by Crippen LogP contribution is -2.57. The van der Waals surface area contributed by atoms with Gasteiger partial charge in [-0.3, -0.25) is 4.79 Å². The highest BCUT2D eigenvalue weighted by Gasteiger charge is 2.41. The van der Waals surface area contributed by atoms with Crippen molar-refractivity contribution in [1.82, 2.24) is 5.32 Å². The van der Waals surface area contributed by atoms with Gasteiger partial charge in [0.25, 0.3) is 5.91 Å². The topological polar surface area (TPSA) is 75.6 Å². The van der Waals surface area contributed by atoms with Crippen molar-refractivity contribution in [3.05, 3.63) is 34.9 Å². The molecular formula is C15H19NO4. The number of hydrogen-bond acceptors (Lipinski definition) is 3. The molecule has 1 fully saturated rings. The van der Waals surface area contributed by atoms with Crippen molar-refractivity contribution < 1.29 is 19.4 Å². The summed E-state index contributed by atoms with van der Waals surface area (Å²) < 4.78 is 5.19. The number of amides is 1. The third-order valence-corrected chi connectivity index (χ3v) is 3.75. The van der Waals surface area contributed by atoms with Crippen molar-refractivity contribution in [2.75, 3.05) is 13.2 Å². The molecule has 1 aliphatic heterocycles. The number of aryl methyl sites for hydroxylation is 2. The predicted octanol–water partition coefficient (Wildman–Crippen LogP) is 1.67. The van der Waals surface area contributed by atoms with Crippen LogP contribution in [0.3, 0.4) is 0 Å². The van der Waals surface area contributed by atoms with Crippen LogP contribution in [0.4, 0.5) is 0 Å². The number of hydrogen-bond donors (Lipinski definition) is 2. The van der Waals surface area contributed by atoms with E-state index in [9.17, 15) is 14.7 Å². The third-order valence-electron chi connectivity index (χ3n) is 3.75. The molecule has 0 bridgehead atoms. The number of rotatable bonds is 3. The van der Waals surface area contributed by atoms with E-state index in [0.29, 0.717) is 31.6 Å². The van der Waals surface area contributed by atoms with Crippen LogP contribution < -0.4 is 5.32 Å². The van der Waals surface area contributed by atoms with E-state index in [1.807, 2.05) is 26.0 Å². The summed E-state index contributed by atoms with van der Waals surface area (Å²) in [5.74, 6) is -1.34. The molecule has 0 aliphatic carbocycles. The summed E-state index contributed by atoms with van der Waals surface area (Å²) in [5.41, 5.74) is 1.11. The first-order valence-corrected chi connectivity index (χ1v) is 6.65. The monoisotopic (exact) mass is 277 g/mol. The molecule has 5 nitrogen and oxygen atoms in total. The summed E-state index contributed by atoms with van der Waals surface area (Å²) in [7, 11) is 0. The molecule has 0 aromatic heterocycles. The van der Waals surface area contributed by atoms with Crippen LogP contribution in [0, 0.1) is 13.8 Å². The van der Waals surface area contributed by atoms with Crippen LogP contribution in [0.2, 0.25) is 0 Å². The molecule has 0 saturated carbocycles. The average Bonchev–Trinajstić information content (AvgIpc) is 2.42. The van der Waals surface area contributed by atoms with Gasteiger partial charge in [-0.25, -0.2) is 4.79 Å². The number of carboxylic acids is 1. The Morgan fingerprint density at radius 2 is 1.90 bits per heavy atom. The zero-order valence-corrected chi connectivity index (χ0v) is 11.7. The molecule has 5 heteroatoms. The smallest absolute Gasteiger partial charge is 0.329 e. The van der Waals surface area contributed by atoms with Crippen LogP contribution in [0.15, 0.2) is 18.2 Å². The second-order valence-corrected chi connectivity index (χ2v) is 5.27. The first-order valence-electron chi connectivity index (χ1n) is 6.65. The van der Waals surface area contributed by atoms with Gasteiger partial charge in [0.05, 0.1) is 0 Å². The van der Waals surface area contributed by atoms with Gasteiger partial charge in [0, 0.05) is 31.6 Å². The minimum absolute atomic E-state index is 0.291. The minimum Gasteiger partial charge on any atom is -0.480 e. The van der Waals surface area contributed by atoms with Gasteiger partial charge in [0.1, 0.15) is 5.54 Å². The van der Waals surface area contributed by atoms with E-state index in [4.69, 9.17) is 4.74 Å². The fourth-order valence-corrected chi connectivity index (χ4v) is 2.38. The molecule has 1 aromatic carbocycles.